The smallest absolute Gasteiger partial charge is 0.00970 e. The molecule has 0 saturated heterocycles. The van der Waals surface area contributed by atoms with E-state index < -0.39 is 0 Å². The van der Waals surface area contributed by atoms with Gasteiger partial charge < -0.3 is 10.6 Å². The molecule has 0 unspecified atom stereocenters. The summed E-state index contributed by atoms with van der Waals surface area (Å²) in [6.45, 7) is 12.0. The molecule has 0 aliphatic rings. The van der Waals surface area contributed by atoms with Crippen LogP contribution in [-0.2, 0) is 6.42 Å². The SMILES string of the molecule is Cc1ccccc1CCCNCCNC(C)(C)C. The number of benzene rings is 1. The van der Waals surface area contributed by atoms with Crippen molar-refractivity contribution >= 4 is 0 Å². The Kier molecular flexibility index (Phi) is 6.37. The van der Waals surface area contributed by atoms with Crippen LogP contribution in [0.3, 0.4) is 0 Å². The van der Waals surface area contributed by atoms with E-state index in [1.54, 1.807) is 0 Å². The maximum absolute atomic E-state index is 3.49. The molecule has 0 aliphatic carbocycles. The molecule has 0 aliphatic heterocycles. The van der Waals surface area contributed by atoms with Gasteiger partial charge in [-0.05, 0) is 58.2 Å². The van der Waals surface area contributed by atoms with E-state index in [1.807, 2.05) is 0 Å². The topological polar surface area (TPSA) is 24.1 Å². The number of hydrogen-bond donors (Lipinski definition) is 2. The molecule has 2 N–H and O–H groups in total. The van der Waals surface area contributed by atoms with Gasteiger partial charge in [-0.25, -0.2) is 0 Å². The average Bonchev–Trinajstić information content (AvgIpc) is 2.28. The maximum atomic E-state index is 3.49. The summed E-state index contributed by atoms with van der Waals surface area (Å²) in [6, 6.07) is 8.66. The van der Waals surface area contributed by atoms with Crippen molar-refractivity contribution in [2.24, 2.45) is 0 Å². The molecule has 1 aromatic rings. The first-order chi connectivity index (χ1) is 8.49. The van der Waals surface area contributed by atoms with Crippen LogP contribution in [0.2, 0.25) is 0 Å². The second kappa shape index (κ2) is 7.55. The molecule has 0 fully saturated rings. The number of nitrogens with one attached hydrogen (secondary N) is 2. The molecular formula is C16H28N2. The Balaban J connectivity index is 2.04. The molecular weight excluding hydrogens is 220 g/mol. The standard InChI is InChI=1S/C16H28N2/c1-14-8-5-6-9-15(14)10-7-11-17-12-13-18-16(2,3)4/h5-6,8-9,17-18H,7,10-13H2,1-4H3. The largest absolute Gasteiger partial charge is 0.315 e. The lowest BCUT2D eigenvalue weighted by Gasteiger charge is -2.20. The van der Waals surface area contributed by atoms with Gasteiger partial charge in [0, 0.05) is 18.6 Å². The van der Waals surface area contributed by atoms with Gasteiger partial charge in [0.15, 0.2) is 0 Å². The summed E-state index contributed by atoms with van der Waals surface area (Å²) >= 11 is 0. The Hall–Kier alpha value is -0.860. The second-order valence-corrected chi connectivity index (χ2v) is 5.96. The monoisotopic (exact) mass is 248 g/mol. The summed E-state index contributed by atoms with van der Waals surface area (Å²) in [5, 5.41) is 6.96. The Morgan fingerprint density at radius 2 is 1.72 bits per heavy atom. The molecule has 18 heavy (non-hydrogen) atoms. The normalized spacial score (nSPS) is 11.8. The predicted molar refractivity (Wildman–Crippen MR) is 80.1 cm³/mol. The van der Waals surface area contributed by atoms with Crippen molar-refractivity contribution in [1.29, 1.82) is 0 Å². The van der Waals surface area contributed by atoms with Gasteiger partial charge in [0.25, 0.3) is 0 Å². The molecule has 0 atom stereocenters. The first-order valence-electron chi connectivity index (χ1n) is 6.99. The van der Waals surface area contributed by atoms with Gasteiger partial charge in [0.2, 0.25) is 0 Å². The van der Waals surface area contributed by atoms with E-state index in [4.69, 9.17) is 0 Å². The molecule has 1 aromatic carbocycles. The summed E-state index contributed by atoms with van der Waals surface area (Å²) in [6.07, 6.45) is 2.38. The van der Waals surface area contributed by atoms with Crippen molar-refractivity contribution in [1.82, 2.24) is 10.6 Å². The molecule has 0 radical (unpaired) electrons. The second-order valence-electron chi connectivity index (χ2n) is 5.96. The Morgan fingerprint density at radius 1 is 1.00 bits per heavy atom. The summed E-state index contributed by atoms with van der Waals surface area (Å²) in [4.78, 5) is 0. The number of aryl methyl sites for hydroxylation is 2. The summed E-state index contributed by atoms with van der Waals surface area (Å²) in [7, 11) is 0. The summed E-state index contributed by atoms with van der Waals surface area (Å²) < 4.78 is 0. The van der Waals surface area contributed by atoms with Gasteiger partial charge in [0.05, 0.1) is 0 Å². The van der Waals surface area contributed by atoms with E-state index in [0.717, 1.165) is 19.6 Å². The third-order valence-corrected chi connectivity index (χ3v) is 3.02. The van der Waals surface area contributed by atoms with Crippen LogP contribution in [0.5, 0.6) is 0 Å². The van der Waals surface area contributed by atoms with E-state index in [2.05, 4.69) is 62.6 Å². The molecule has 0 saturated carbocycles. The molecule has 0 aromatic heterocycles. The van der Waals surface area contributed by atoms with Crippen molar-refractivity contribution in [2.45, 2.75) is 46.1 Å². The molecule has 0 spiro atoms. The summed E-state index contributed by atoms with van der Waals surface area (Å²) in [5.74, 6) is 0. The van der Waals surface area contributed by atoms with Gasteiger partial charge in [-0.3, -0.25) is 0 Å². The lowest BCUT2D eigenvalue weighted by molar-refractivity contribution is 0.421. The minimum atomic E-state index is 0.225. The van der Waals surface area contributed by atoms with Crippen LogP contribution in [0, 0.1) is 6.92 Å². The summed E-state index contributed by atoms with van der Waals surface area (Å²) in [5.41, 5.74) is 3.11. The van der Waals surface area contributed by atoms with Crippen molar-refractivity contribution in [2.75, 3.05) is 19.6 Å². The fourth-order valence-electron chi connectivity index (χ4n) is 1.95. The lowest BCUT2D eigenvalue weighted by Crippen LogP contribution is -2.40. The minimum Gasteiger partial charge on any atom is -0.315 e. The fourth-order valence-corrected chi connectivity index (χ4v) is 1.95. The zero-order chi connectivity index (χ0) is 13.4. The van der Waals surface area contributed by atoms with Crippen molar-refractivity contribution in [3.8, 4) is 0 Å². The van der Waals surface area contributed by atoms with Crippen molar-refractivity contribution in [3.05, 3.63) is 35.4 Å². The molecule has 2 heteroatoms. The van der Waals surface area contributed by atoms with Crippen molar-refractivity contribution < 1.29 is 0 Å². The van der Waals surface area contributed by atoms with Crippen LogP contribution in [0.25, 0.3) is 0 Å². The Bertz CT molecular complexity index is 339. The van der Waals surface area contributed by atoms with Gasteiger partial charge >= 0.3 is 0 Å². The molecule has 0 heterocycles. The highest BCUT2D eigenvalue weighted by Gasteiger charge is 2.06. The highest BCUT2D eigenvalue weighted by Crippen LogP contribution is 2.08. The highest BCUT2D eigenvalue weighted by atomic mass is 15.0. The Labute approximate surface area is 112 Å². The number of rotatable bonds is 7. The van der Waals surface area contributed by atoms with Crippen LogP contribution < -0.4 is 10.6 Å². The third-order valence-electron chi connectivity index (χ3n) is 3.02. The van der Waals surface area contributed by atoms with Gasteiger partial charge in [-0.15, -0.1) is 0 Å². The van der Waals surface area contributed by atoms with E-state index >= 15 is 0 Å². The molecule has 1 rings (SSSR count). The zero-order valence-electron chi connectivity index (χ0n) is 12.3. The lowest BCUT2D eigenvalue weighted by atomic mass is 10.0. The van der Waals surface area contributed by atoms with E-state index in [9.17, 15) is 0 Å². The van der Waals surface area contributed by atoms with Gasteiger partial charge in [-0.2, -0.15) is 0 Å². The van der Waals surface area contributed by atoms with E-state index in [-0.39, 0.29) is 5.54 Å². The van der Waals surface area contributed by atoms with Crippen LogP contribution in [0.4, 0.5) is 0 Å². The third kappa shape index (κ3) is 6.77. The fraction of sp³-hybridized carbons (Fsp3) is 0.625. The van der Waals surface area contributed by atoms with Crippen LogP contribution >= 0.6 is 0 Å². The molecule has 102 valence electrons. The number of hydrogen-bond acceptors (Lipinski definition) is 2. The maximum Gasteiger partial charge on any atom is 0.00970 e. The van der Waals surface area contributed by atoms with Crippen molar-refractivity contribution in [3.63, 3.8) is 0 Å². The van der Waals surface area contributed by atoms with Crippen LogP contribution in [0.15, 0.2) is 24.3 Å². The average molecular weight is 248 g/mol. The zero-order valence-corrected chi connectivity index (χ0v) is 12.3. The van der Waals surface area contributed by atoms with Crippen LogP contribution in [0.1, 0.15) is 38.3 Å². The highest BCUT2D eigenvalue weighted by molar-refractivity contribution is 5.25. The van der Waals surface area contributed by atoms with Gasteiger partial charge in [-0.1, -0.05) is 24.3 Å². The first-order valence-corrected chi connectivity index (χ1v) is 6.99. The molecule has 0 amide bonds. The van der Waals surface area contributed by atoms with E-state index in [0.29, 0.717) is 0 Å². The predicted octanol–water partition coefficient (Wildman–Crippen LogP) is 2.91. The quantitative estimate of drug-likeness (QED) is 0.725. The van der Waals surface area contributed by atoms with E-state index in [1.165, 1.54) is 24.0 Å². The van der Waals surface area contributed by atoms with Crippen LogP contribution in [-0.4, -0.2) is 25.2 Å². The molecule has 0 bridgehead atoms. The first kappa shape index (κ1) is 15.2. The minimum absolute atomic E-state index is 0.225. The van der Waals surface area contributed by atoms with Gasteiger partial charge in [0.1, 0.15) is 0 Å². The Morgan fingerprint density at radius 3 is 2.39 bits per heavy atom. The molecule has 2 nitrogen and oxygen atoms in total.